The highest BCUT2D eigenvalue weighted by molar-refractivity contribution is 7.89. The third-order valence-electron chi connectivity index (χ3n) is 5.10. The molecule has 0 N–H and O–H groups in total. The van der Waals surface area contributed by atoms with E-state index in [2.05, 4.69) is 10.3 Å². The Hall–Kier alpha value is -2.20. The first-order valence-corrected chi connectivity index (χ1v) is 10.8. The van der Waals surface area contributed by atoms with Crippen molar-refractivity contribution in [3.05, 3.63) is 22.8 Å². The van der Waals surface area contributed by atoms with E-state index in [4.69, 9.17) is 9.26 Å². The Morgan fingerprint density at radius 2 is 1.82 bits per heavy atom. The molecule has 0 spiro atoms. The topological polar surface area (TPSA) is 108 Å². The van der Waals surface area contributed by atoms with E-state index in [0.717, 1.165) is 0 Å². The molecule has 3 rings (SSSR count). The van der Waals surface area contributed by atoms with E-state index < -0.39 is 10.0 Å². The van der Waals surface area contributed by atoms with Crippen molar-refractivity contribution in [3.8, 4) is 5.69 Å². The van der Waals surface area contributed by atoms with Crippen LogP contribution >= 0.6 is 0 Å². The highest BCUT2D eigenvalue weighted by Gasteiger charge is 2.36. The lowest BCUT2D eigenvalue weighted by molar-refractivity contribution is -0.149. The number of aryl methyl sites for hydroxylation is 3. The standard InChI is InChI=1S/C18H26N4O5S/c1-6-26-18(23)15-7-9-21(10-8-15)28(24,25)17-12(3)19-22(13(17)4)16-11(2)20-27-14(16)5/h15H,6-10H2,1-5H3. The van der Waals surface area contributed by atoms with Crippen LogP contribution in [0.5, 0.6) is 0 Å². The van der Waals surface area contributed by atoms with Crippen molar-refractivity contribution in [2.75, 3.05) is 19.7 Å². The van der Waals surface area contributed by atoms with Gasteiger partial charge in [-0.1, -0.05) is 5.16 Å². The number of rotatable bonds is 5. The van der Waals surface area contributed by atoms with Gasteiger partial charge in [-0.15, -0.1) is 0 Å². The highest BCUT2D eigenvalue weighted by Crippen LogP contribution is 2.30. The molecule has 0 unspecified atom stereocenters. The van der Waals surface area contributed by atoms with Gasteiger partial charge in [-0.2, -0.15) is 9.40 Å². The molecule has 0 atom stereocenters. The van der Waals surface area contributed by atoms with Gasteiger partial charge < -0.3 is 9.26 Å². The maximum atomic E-state index is 13.3. The minimum Gasteiger partial charge on any atom is -0.466 e. The molecule has 154 valence electrons. The summed E-state index contributed by atoms with van der Waals surface area (Å²) < 4.78 is 39.9. The zero-order valence-corrected chi connectivity index (χ0v) is 17.7. The van der Waals surface area contributed by atoms with Crippen molar-refractivity contribution in [3.63, 3.8) is 0 Å². The fourth-order valence-corrected chi connectivity index (χ4v) is 5.54. The summed E-state index contributed by atoms with van der Waals surface area (Å²) in [5.41, 5.74) is 2.23. The molecule has 0 amide bonds. The van der Waals surface area contributed by atoms with Gasteiger partial charge >= 0.3 is 5.97 Å². The summed E-state index contributed by atoms with van der Waals surface area (Å²) in [5.74, 6) is 0.0686. The van der Waals surface area contributed by atoms with Crippen LogP contribution in [0.1, 0.15) is 42.6 Å². The lowest BCUT2D eigenvalue weighted by atomic mass is 9.98. The second kappa shape index (κ2) is 7.67. The van der Waals surface area contributed by atoms with Crippen LogP contribution < -0.4 is 0 Å². The monoisotopic (exact) mass is 410 g/mol. The average Bonchev–Trinajstić information content (AvgIpc) is 3.13. The molecule has 2 aromatic rings. The molecule has 9 nitrogen and oxygen atoms in total. The summed E-state index contributed by atoms with van der Waals surface area (Å²) in [7, 11) is -3.73. The molecule has 0 aliphatic carbocycles. The SMILES string of the molecule is CCOC(=O)C1CCN(S(=O)(=O)c2c(C)nn(-c3c(C)noc3C)c2C)CC1. The molecule has 0 radical (unpaired) electrons. The minimum absolute atomic E-state index is 0.196. The third-order valence-corrected chi connectivity index (χ3v) is 7.26. The number of hydrogen-bond acceptors (Lipinski definition) is 7. The van der Waals surface area contributed by atoms with E-state index in [1.54, 1.807) is 39.3 Å². The van der Waals surface area contributed by atoms with Crippen LogP contribution in [-0.4, -0.2) is 53.3 Å². The Morgan fingerprint density at radius 1 is 1.18 bits per heavy atom. The molecule has 1 fully saturated rings. The predicted octanol–water partition coefficient (Wildman–Crippen LogP) is 2.06. The molecule has 2 aromatic heterocycles. The number of esters is 1. The van der Waals surface area contributed by atoms with Gasteiger partial charge in [0.05, 0.1) is 23.9 Å². The molecule has 0 saturated carbocycles. The van der Waals surface area contributed by atoms with Gasteiger partial charge in [-0.05, 0) is 47.5 Å². The number of carbonyl (C=O) groups excluding carboxylic acids is 1. The normalized spacial score (nSPS) is 16.5. The number of piperidine rings is 1. The Kier molecular flexibility index (Phi) is 5.62. The minimum atomic E-state index is -3.73. The van der Waals surface area contributed by atoms with Crippen LogP contribution in [0.4, 0.5) is 0 Å². The first kappa shape index (κ1) is 20.5. The molecule has 0 bridgehead atoms. The summed E-state index contributed by atoms with van der Waals surface area (Å²) >= 11 is 0. The van der Waals surface area contributed by atoms with E-state index >= 15 is 0 Å². The summed E-state index contributed by atoms with van der Waals surface area (Å²) in [6.07, 6.45) is 0.905. The molecular formula is C18H26N4O5S. The van der Waals surface area contributed by atoms with Gasteiger partial charge in [0.15, 0.2) is 5.76 Å². The summed E-state index contributed by atoms with van der Waals surface area (Å²) in [5, 5.41) is 8.36. The number of nitrogens with zero attached hydrogens (tertiary/aromatic N) is 4. The van der Waals surface area contributed by atoms with Crippen LogP contribution in [0.15, 0.2) is 9.42 Å². The third kappa shape index (κ3) is 3.46. The summed E-state index contributed by atoms with van der Waals surface area (Å²) in [6.45, 7) is 9.61. The predicted molar refractivity (Wildman–Crippen MR) is 101 cm³/mol. The summed E-state index contributed by atoms with van der Waals surface area (Å²) in [4.78, 5) is 12.1. The van der Waals surface area contributed by atoms with E-state index in [9.17, 15) is 13.2 Å². The van der Waals surface area contributed by atoms with Crippen molar-refractivity contribution in [2.45, 2.75) is 52.4 Å². The zero-order chi connectivity index (χ0) is 20.6. The maximum absolute atomic E-state index is 13.3. The van der Waals surface area contributed by atoms with Crippen molar-refractivity contribution in [1.29, 1.82) is 0 Å². The van der Waals surface area contributed by atoms with E-state index in [1.807, 2.05) is 0 Å². The van der Waals surface area contributed by atoms with Gasteiger partial charge in [-0.25, -0.2) is 13.1 Å². The fraction of sp³-hybridized carbons (Fsp3) is 0.611. The van der Waals surface area contributed by atoms with Crippen LogP contribution in [0.3, 0.4) is 0 Å². The zero-order valence-electron chi connectivity index (χ0n) is 16.9. The molecule has 28 heavy (non-hydrogen) atoms. The van der Waals surface area contributed by atoms with Crippen molar-refractivity contribution < 1.29 is 22.5 Å². The lowest BCUT2D eigenvalue weighted by Crippen LogP contribution is -2.40. The Balaban J connectivity index is 1.89. The van der Waals surface area contributed by atoms with Crippen LogP contribution in [0.25, 0.3) is 5.69 Å². The molecule has 1 aliphatic rings. The average molecular weight is 410 g/mol. The number of aromatic nitrogens is 3. The number of ether oxygens (including phenoxy) is 1. The van der Waals surface area contributed by atoms with Gasteiger partial charge in [0.25, 0.3) is 0 Å². The van der Waals surface area contributed by atoms with Gasteiger partial charge in [0.2, 0.25) is 10.0 Å². The molecule has 3 heterocycles. The molecular weight excluding hydrogens is 384 g/mol. The molecule has 1 saturated heterocycles. The summed E-state index contributed by atoms with van der Waals surface area (Å²) in [6, 6.07) is 0. The number of sulfonamides is 1. The largest absolute Gasteiger partial charge is 0.466 e. The van der Waals surface area contributed by atoms with Crippen molar-refractivity contribution >= 4 is 16.0 Å². The van der Waals surface area contributed by atoms with E-state index in [1.165, 1.54) is 4.31 Å². The first-order valence-electron chi connectivity index (χ1n) is 9.34. The highest BCUT2D eigenvalue weighted by atomic mass is 32.2. The van der Waals surface area contributed by atoms with Crippen LogP contribution in [-0.2, 0) is 19.6 Å². The van der Waals surface area contributed by atoms with E-state index in [-0.39, 0.29) is 29.9 Å². The van der Waals surface area contributed by atoms with Gasteiger partial charge in [0, 0.05) is 13.1 Å². The lowest BCUT2D eigenvalue weighted by Gasteiger charge is -2.30. The molecule has 1 aliphatic heterocycles. The van der Waals surface area contributed by atoms with Crippen LogP contribution in [0, 0.1) is 33.6 Å². The quantitative estimate of drug-likeness (QED) is 0.694. The Bertz CT molecular complexity index is 965. The van der Waals surface area contributed by atoms with Crippen molar-refractivity contribution in [1.82, 2.24) is 19.2 Å². The number of carbonyl (C=O) groups is 1. The second-order valence-corrected chi connectivity index (χ2v) is 8.89. The van der Waals surface area contributed by atoms with Crippen molar-refractivity contribution in [2.24, 2.45) is 5.92 Å². The molecule has 0 aromatic carbocycles. The smallest absolute Gasteiger partial charge is 0.309 e. The van der Waals surface area contributed by atoms with Gasteiger partial charge in [0.1, 0.15) is 16.3 Å². The maximum Gasteiger partial charge on any atom is 0.309 e. The Labute approximate surface area is 164 Å². The Morgan fingerprint density at radius 3 is 2.36 bits per heavy atom. The molecule has 10 heteroatoms. The van der Waals surface area contributed by atoms with E-state index in [0.29, 0.717) is 48.0 Å². The van der Waals surface area contributed by atoms with Gasteiger partial charge in [-0.3, -0.25) is 4.79 Å². The number of hydrogen-bond donors (Lipinski definition) is 0. The fourth-order valence-electron chi connectivity index (χ4n) is 3.72. The first-order chi connectivity index (χ1) is 13.2. The second-order valence-electron chi connectivity index (χ2n) is 7.01. The van der Waals surface area contributed by atoms with Crippen LogP contribution in [0.2, 0.25) is 0 Å².